The molecular formula is C13H16N6. The summed E-state index contributed by atoms with van der Waals surface area (Å²) in [6, 6.07) is 1.79. The molecule has 19 heavy (non-hydrogen) atoms. The molecule has 1 saturated heterocycles. The molecule has 2 N–H and O–H groups in total. The van der Waals surface area contributed by atoms with Crippen molar-refractivity contribution in [2.24, 2.45) is 0 Å². The van der Waals surface area contributed by atoms with E-state index in [4.69, 9.17) is 0 Å². The largest absolute Gasteiger partial charge is 0.316 e. The van der Waals surface area contributed by atoms with Crippen LogP contribution in [0.25, 0.3) is 0 Å². The van der Waals surface area contributed by atoms with Gasteiger partial charge in [0.15, 0.2) is 5.82 Å². The van der Waals surface area contributed by atoms with Crippen LogP contribution in [0, 0.1) is 0 Å². The predicted octanol–water partition coefficient (Wildman–Crippen LogP) is 1.48. The molecule has 2 aromatic rings. The SMILES string of the molecule is c1cnc(Nc2nccnc2C2CCCNC2)nc1. The van der Waals surface area contributed by atoms with Crippen molar-refractivity contribution in [3.05, 3.63) is 36.5 Å². The normalized spacial score (nSPS) is 19.1. The molecule has 1 atom stereocenters. The first-order valence-electron chi connectivity index (χ1n) is 6.49. The van der Waals surface area contributed by atoms with Crippen LogP contribution in [0.1, 0.15) is 24.5 Å². The van der Waals surface area contributed by atoms with Crippen LogP contribution in [0.4, 0.5) is 11.8 Å². The summed E-state index contributed by atoms with van der Waals surface area (Å²) in [7, 11) is 0. The minimum Gasteiger partial charge on any atom is -0.316 e. The maximum absolute atomic E-state index is 4.48. The van der Waals surface area contributed by atoms with Crippen molar-refractivity contribution in [3.8, 4) is 0 Å². The number of hydrogen-bond acceptors (Lipinski definition) is 6. The molecule has 3 rings (SSSR count). The van der Waals surface area contributed by atoms with E-state index in [1.165, 1.54) is 6.42 Å². The van der Waals surface area contributed by atoms with Crippen LogP contribution in [-0.4, -0.2) is 33.0 Å². The van der Waals surface area contributed by atoms with E-state index >= 15 is 0 Å². The zero-order valence-corrected chi connectivity index (χ0v) is 10.6. The predicted molar refractivity (Wildman–Crippen MR) is 72.2 cm³/mol. The highest BCUT2D eigenvalue weighted by Gasteiger charge is 2.20. The van der Waals surface area contributed by atoms with E-state index in [1.54, 1.807) is 30.9 Å². The van der Waals surface area contributed by atoms with E-state index in [0.29, 0.717) is 11.9 Å². The maximum atomic E-state index is 4.48. The van der Waals surface area contributed by atoms with Gasteiger partial charge in [0.1, 0.15) is 0 Å². The lowest BCUT2D eigenvalue weighted by atomic mass is 9.96. The molecule has 1 unspecified atom stereocenters. The number of anilines is 2. The summed E-state index contributed by atoms with van der Waals surface area (Å²) in [6.07, 6.45) is 9.13. The van der Waals surface area contributed by atoms with Crippen LogP contribution < -0.4 is 10.6 Å². The summed E-state index contributed by atoms with van der Waals surface area (Å²) in [5.74, 6) is 1.70. The number of rotatable bonds is 3. The second kappa shape index (κ2) is 5.71. The summed E-state index contributed by atoms with van der Waals surface area (Å²) < 4.78 is 0. The third kappa shape index (κ3) is 2.85. The highest BCUT2D eigenvalue weighted by Crippen LogP contribution is 2.26. The number of piperidine rings is 1. The van der Waals surface area contributed by atoms with Crippen LogP contribution in [-0.2, 0) is 0 Å². The molecule has 0 amide bonds. The van der Waals surface area contributed by atoms with Gasteiger partial charge in [0, 0.05) is 37.3 Å². The fraction of sp³-hybridized carbons (Fsp3) is 0.385. The molecule has 0 bridgehead atoms. The Morgan fingerprint density at radius 1 is 1.05 bits per heavy atom. The van der Waals surface area contributed by atoms with Crippen LogP contribution in [0.2, 0.25) is 0 Å². The molecule has 1 aliphatic heterocycles. The zero-order valence-electron chi connectivity index (χ0n) is 10.6. The van der Waals surface area contributed by atoms with Gasteiger partial charge in [0.05, 0.1) is 5.69 Å². The van der Waals surface area contributed by atoms with Crippen molar-refractivity contribution in [3.63, 3.8) is 0 Å². The average Bonchev–Trinajstić information content (AvgIpc) is 2.50. The lowest BCUT2D eigenvalue weighted by Gasteiger charge is -2.23. The Morgan fingerprint density at radius 2 is 1.89 bits per heavy atom. The molecule has 3 heterocycles. The van der Waals surface area contributed by atoms with Gasteiger partial charge in [0.25, 0.3) is 0 Å². The van der Waals surface area contributed by atoms with E-state index in [1.807, 2.05) is 0 Å². The molecule has 1 aliphatic rings. The Bertz CT molecular complexity index is 524. The van der Waals surface area contributed by atoms with E-state index in [-0.39, 0.29) is 0 Å². The maximum Gasteiger partial charge on any atom is 0.228 e. The molecule has 0 radical (unpaired) electrons. The van der Waals surface area contributed by atoms with E-state index < -0.39 is 0 Å². The molecular weight excluding hydrogens is 240 g/mol. The number of aromatic nitrogens is 4. The highest BCUT2D eigenvalue weighted by atomic mass is 15.1. The summed E-state index contributed by atoms with van der Waals surface area (Å²) in [6.45, 7) is 2.03. The van der Waals surface area contributed by atoms with Gasteiger partial charge in [-0.3, -0.25) is 4.98 Å². The summed E-state index contributed by atoms with van der Waals surface area (Å²) >= 11 is 0. The van der Waals surface area contributed by atoms with Gasteiger partial charge in [-0.2, -0.15) is 0 Å². The van der Waals surface area contributed by atoms with Crippen molar-refractivity contribution in [2.75, 3.05) is 18.4 Å². The van der Waals surface area contributed by atoms with E-state index in [2.05, 4.69) is 30.6 Å². The molecule has 2 aromatic heterocycles. The van der Waals surface area contributed by atoms with Crippen LogP contribution in [0.15, 0.2) is 30.9 Å². The molecule has 0 spiro atoms. The Hall–Kier alpha value is -2.08. The lowest BCUT2D eigenvalue weighted by Crippen LogP contribution is -2.29. The van der Waals surface area contributed by atoms with Crippen LogP contribution in [0.5, 0.6) is 0 Å². The fourth-order valence-electron chi connectivity index (χ4n) is 2.30. The third-order valence-electron chi connectivity index (χ3n) is 3.21. The van der Waals surface area contributed by atoms with Gasteiger partial charge in [-0.15, -0.1) is 0 Å². The average molecular weight is 256 g/mol. The van der Waals surface area contributed by atoms with E-state index in [0.717, 1.165) is 31.0 Å². The van der Waals surface area contributed by atoms with Crippen molar-refractivity contribution >= 4 is 11.8 Å². The molecule has 0 aromatic carbocycles. The minimum atomic E-state index is 0.397. The number of nitrogens with one attached hydrogen (secondary N) is 2. The Labute approximate surface area is 111 Å². The Balaban J connectivity index is 1.84. The summed E-state index contributed by atoms with van der Waals surface area (Å²) in [5.41, 5.74) is 0.988. The third-order valence-corrected chi connectivity index (χ3v) is 3.21. The summed E-state index contributed by atoms with van der Waals surface area (Å²) in [4.78, 5) is 17.2. The zero-order chi connectivity index (χ0) is 12.9. The smallest absolute Gasteiger partial charge is 0.228 e. The van der Waals surface area contributed by atoms with Gasteiger partial charge in [0.2, 0.25) is 5.95 Å². The second-order valence-electron chi connectivity index (χ2n) is 4.53. The van der Waals surface area contributed by atoms with Gasteiger partial charge >= 0.3 is 0 Å². The first-order chi connectivity index (χ1) is 9.43. The van der Waals surface area contributed by atoms with Crippen molar-refractivity contribution in [2.45, 2.75) is 18.8 Å². The van der Waals surface area contributed by atoms with Crippen molar-refractivity contribution in [1.82, 2.24) is 25.3 Å². The quantitative estimate of drug-likeness (QED) is 0.866. The van der Waals surface area contributed by atoms with Gasteiger partial charge in [-0.05, 0) is 25.5 Å². The minimum absolute atomic E-state index is 0.397. The van der Waals surface area contributed by atoms with Crippen LogP contribution >= 0.6 is 0 Å². The molecule has 6 heteroatoms. The van der Waals surface area contributed by atoms with Crippen molar-refractivity contribution < 1.29 is 0 Å². The number of hydrogen-bond donors (Lipinski definition) is 2. The lowest BCUT2D eigenvalue weighted by molar-refractivity contribution is 0.455. The standard InChI is InChI=1S/C13H16N6/c1-3-10(9-14-4-1)11-12(16-8-7-15-11)19-13-17-5-2-6-18-13/h2,5-8,10,14H,1,3-4,9H2,(H,16,17,18,19). The molecule has 98 valence electrons. The van der Waals surface area contributed by atoms with Gasteiger partial charge < -0.3 is 10.6 Å². The molecule has 1 fully saturated rings. The van der Waals surface area contributed by atoms with E-state index in [9.17, 15) is 0 Å². The second-order valence-corrected chi connectivity index (χ2v) is 4.53. The Kier molecular flexibility index (Phi) is 3.60. The van der Waals surface area contributed by atoms with Gasteiger partial charge in [-0.1, -0.05) is 0 Å². The van der Waals surface area contributed by atoms with Crippen molar-refractivity contribution in [1.29, 1.82) is 0 Å². The molecule has 0 aliphatic carbocycles. The molecule has 0 saturated carbocycles. The monoisotopic (exact) mass is 256 g/mol. The first kappa shape index (κ1) is 12.0. The highest BCUT2D eigenvalue weighted by molar-refractivity contribution is 5.51. The Morgan fingerprint density at radius 3 is 2.68 bits per heavy atom. The first-order valence-corrected chi connectivity index (χ1v) is 6.49. The van der Waals surface area contributed by atoms with Gasteiger partial charge in [-0.25, -0.2) is 15.0 Å². The molecule has 6 nitrogen and oxygen atoms in total. The number of nitrogens with zero attached hydrogens (tertiary/aromatic N) is 4. The topological polar surface area (TPSA) is 75.6 Å². The van der Waals surface area contributed by atoms with Crippen LogP contribution in [0.3, 0.4) is 0 Å². The fourth-order valence-corrected chi connectivity index (χ4v) is 2.30. The summed E-state index contributed by atoms with van der Waals surface area (Å²) in [5, 5.41) is 6.54.